The number of anilines is 1. The van der Waals surface area contributed by atoms with Gasteiger partial charge in [-0.25, -0.2) is 4.79 Å². The van der Waals surface area contributed by atoms with Crippen molar-refractivity contribution in [2.45, 2.75) is 26.8 Å². The number of hydrogen-bond donors (Lipinski definition) is 1. The third-order valence-electron chi connectivity index (χ3n) is 5.54. The van der Waals surface area contributed by atoms with Gasteiger partial charge < -0.3 is 14.6 Å². The first kappa shape index (κ1) is 25.5. The fraction of sp³-hybridized carbons (Fsp3) is 0.231. The molecule has 10 heteroatoms. The zero-order valence-corrected chi connectivity index (χ0v) is 21.5. The van der Waals surface area contributed by atoms with Crippen molar-refractivity contribution in [1.82, 2.24) is 9.47 Å². The van der Waals surface area contributed by atoms with Crippen molar-refractivity contribution in [3.05, 3.63) is 69.7 Å². The van der Waals surface area contributed by atoms with E-state index in [4.69, 9.17) is 16.3 Å². The van der Waals surface area contributed by atoms with Crippen molar-refractivity contribution in [1.29, 1.82) is 0 Å². The Hall–Kier alpha value is -3.56. The number of fused-ring (bicyclic) bond motifs is 1. The first-order valence-electron chi connectivity index (χ1n) is 11.3. The van der Waals surface area contributed by atoms with Crippen molar-refractivity contribution >= 4 is 69.1 Å². The Bertz CT molecular complexity index is 1410. The molecule has 0 radical (unpaired) electrons. The number of esters is 1. The third kappa shape index (κ3) is 5.17. The fourth-order valence-corrected chi connectivity index (χ4v) is 4.89. The summed E-state index contributed by atoms with van der Waals surface area (Å²) in [4.78, 5) is 51.4. The number of imide groups is 1. The van der Waals surface area contributed by atoms with Gasteiger partial charge in [-0.15, -0.1) is 0 Å². The van der Waals surface area contributed by atoms with Crippen molar-refractivity contribution in [2.24, 2.45) is 0 Å². The van der Waals surface area contributed by atoms with Crippen LogP contribution in [0.3, 0.4) is 0 Å². The van der Waals surface area contributed by atoms with Crippen LogP contribution in [0.5, 0.6) is 0 Å². The minimum atomic E-state index is -0.617. The molecule has 8 nitrogen and oxygen atoms in total. The lowest BCUT2D eigenvalue weighted by Gasteiger charge is -2.13. The molecule has 1 aliphatic heterocycles. The maximum Gasteiger partial charge on any atom is 0.339 e. The van der Waals surface area contributed by atoms with Gasteiger partial charge in [0.05, 0.1) is 22.1 Å². The molecule has 0 unspecified atom stereocenters. The molecule has 1 aromatic heterocycles. The van der Waals surface area contributed by atoms with Crippen molar-refractivity contribution in [3.63, 3.8) is 0 Å². The molecule has 1 N–H and O–H groups in total. The molecule has 3 aromatic rings. The molecular formula is C26H24ClN3O5S. The normalized spacial score (nSPS) is 14.8. The molecule has 0 atom stereocenters. The maximum atomic E-state index is 13.0. The second-order valence-corrected chi connectivity index (χ2v) is 9.73. The molecule has 0 spiro atoms. The second kappa shape index (κ2) is 10.6. The zero-order chi connectivity index (χ0) is 26.0. The van der Waals surface area contributed by atoms with Gasteiger partial charge in [-0.1, -0.05) is 29.8 Å². The van der Waals surface area contributed by atoms with E-state index in [1.54, 1.807) is 13.0 Å². The van der Waals surface area contributed by atoms with E-state index in [-0.39, 0.29) is 33.8 Å². The van der Waals surface area contributed by atoms with Crippen LogP contribution in [0.2, 0.25) is 5.02 Å². The van der Waals surface area contributed by atoms with E-state index in [9.17, 15) is 19.2 Å². The third-order valence-corrected chi connectivity index (χ3v) is 6.77. The van der Waals surface area contributed by atoms with E-state index in [1.165, 1.54) is 18.2 Å². The van der Waals surface area contributed by atoms with E-state index in [2.05, 4.69) is 23.7 Å². The van der Waals surface area contributed by atoms with Crippen LogP contribution >= 0.6 is 23.4 Å². The largest absolute Gasteiger partial charge is 0.462 e. The van der Waals surface area contributed by atoms with Gasteiger partial charge in [0.25, 0.3) is 11.1 Å². The Labute approximate surface area is 217 Å². The fourth-order valence-electron chi connectivity index (χ4n) is 3.86. The number of nitrogens with one attached hydrogen (secondary N) is 1. The summed E-state index contributed by atoms with van der Waals surface area (Å²) in [5, 5.41) is 3.22. The van der Waals surface area contributed by atoms with Crippen molar-refractivity contribution in [2.75, 3.05) is 18.5 Å². The molecule has 186 valence electrons. The molecule has 1 fully saturated rings. The molecular weight excluding hydrogens is 502 g/mol. The first-order valence-corrected chi connectivity index (χ1v) is 12.5. The summed E-state index contributed by atoms with van der Waals surface area (Å²) in [5.41, 5.74) is 2.24. The number of carbonyl (C=O) groups is 4. The smallest absolute Gasteiger partial charge is 0.339 e. The maximum absolute atomic E-state index is 13.0. The van der Waals surface area contributed by atoms with Crippen LogP contribution in [0.1, 0.15) is 42.7 Å². The van der Waals surface area contributed by atoms with Crippen LogP contribution < -0.4 is 5.32 Å². The van der Waals surface area contributed by atoms with E-state index in [0.717, 1.165) is 33.1 Å². The quantitative estimate of drug-likeness (QED) is 0.312. The van der Waals surface area contributed by atoms with Crippen molar-refractivity contribution in [3.8, 4) is 0 Å². The van der Waals surface area contributed by atoms with E-state index >= 15 is 0 Å². The van der Waals surface area contributed by atoms with Gasteiger partial charge >= 0.3 is 5.97 Å². The highest BCUT2D eigenvalue weighted by atomic mass is 35.5. The molecule has 2 aromatic carbocycles. The summed E-state index contributed by atoms with van der Waals surface area (Å²) in [5.74, 6) is -1.74. The number of benzene rings is 2. The minimum absolute atomic E-state index is 0.103. The number of ether oxygens (including phenoxy) is 1. The van der Waals surface area contributed by atoms with Crippen LogP contribution in [0.4, 0.5) is 10.5 Å². The number of para-hydroxylation sites is 1. The highest BCUT2D eigenvalue weighted by Gasteiger charge is 2.36. The number of amides is 3. The highest BCUT2D eigenvalue weighted by molar-refractivity contribution is 8.18. The molecule has 36 heavy (non-hydrogen) atoms. The Balaban J connectivity index is 1.51. The number of aromatic nitrogens is 1. The molecule has 1 aliphatic rings. The molecule has 1 saturated heterocycles. The minimum Gasteiger partial charge on any atom is -0.462 e. The Morgan fingerprint density at radius 3 is 2.64 bits per heavy atom. The Kier molecular flexibility index (Phi) is 7.51. The molecule has 3 amide bonds. The van der Waals surface area contributed by atoms with Gasteiger partial charge in [-0.2, -0.15) is 0 Å². The van der Waals surface area contributed by atoms with Gasteiger partial charge in [-0.05, 0) is 62.9 Å². The molecule has 4 rings (SSSR count). The number of carbonyl (C=O) groups excluding carboxylic acids is 4. The van der Waals surface area contributed by atoms with E-state index in [1.807, 2.05) is 30.5 Å². The summed E-state index contributed by atoms with van der Waals surface area (Å²) < 4.78 is 7.07. The van der Waals surface area contributed by atoms with Crippen molar-refractivity contribution < 1.29 is 23.9 Å². The van der Waals surface area contributed by atoms with Crippen LogP contribution in [0.25, 0.3) is 17.0 Å². The lowest BCUT2D eigenvalue weighted by Crippen LogP contribution is -2.36. The van der Waals surface area contributed by atoms with Gasteiger partial charge in [0.15, 0.2) is 0 Å². The summed E-state index contributed by atoms with van der Waals surface area (Å²) in [7, 11) is 0. The number of hydrogen-bond acceptors (Lipinski definition) is 6. The van der Waals surface area contributed by atoms with Gasteiger partial charge in [-0.3, -0.25) is 19.3 Å². The van der Waals surface area contributed by atoms with Gasteiger partial charge in [0.1, 0.15) is 6.54 Å². The predicted octanol–water partition coefficient (Wildman–Crippen LogP) is 5.73. The van der Waals surface area contributed by atoms with E-state index in [0.29, 0.717) is 0 Å². The average Bonchev–Trinajstić information content (AvgIpc) is 3.33. The second-order valence-electron chi connectivity index (χ2n) is 8.33. The van der Waals surface area contributed by atoms with Crippen LogP contribution in [0, 0.1) is 0 Å². The monoisotopic (exact) mass is 525 g/mol. The lowest BCUT2D eigenvalue weighted by atomic mass is 10.1. The first-order chi connectivity index (χ1) is 17.2. The topological polar surface area (TPSA) is 97.7 Å². The van der Waals surface area contributed by atoms with Crippen LogP contribution in [0.15, 0.2) is 53.6 Å². The van der Waals surface area contributed by atoms with Crippen LogP contribution in [-0.4, -0.2) is 45.6 Å². The number of halogens is 1. The average molecular weight is 526 g/mol. The number of rotatable bonds is 7. The summed E-state index contributed by atoms with van der Waals surface area (Å²) in [6.07, 6.45) is 3.65. The predicted molar refractivity (Wildman–Crippen MR) is 141 cm³/mol. The van der Waals surface area contributed by atoms with Crippen LogP contribution in [-0.2, 0) is 14.3 Å². The molecule has 2 heterocycles. The summed E-state index contributed by atoms with van der Waals surface area (Å²) in [6, 6.07) is 12.4. The summed E-state index contributed by atoms with van der Waals surface area (Å²) >= 11 is 6.85. The molecule has 0 bridgehead atoms. The molecule has 0 saturated carbocycles. The van der Waals surface area contributed by atoms with Gasteiger partial charge in [0, 0.05) is 34.4 Å². The van der Waals surface area contributed by atoms with Gasteiger partial charge in [0.2, 0.25) is 5.91 Å². The SMILES string of the molecule is CCOC(=O)c1cc(NC(=O)CN2C(=O)S/C(=C/c3cn(C(C)C)c4ccccc34)C2=O)ccc1Cl. The lowest BCUT2D eigenvalue weighted by molar-refractivity contribution is -0.127. The van der Waals surface area contributed by atoms with E-state index < -0.39 is 29.6 Å². The number of thioether (sulfide) groups is 1. The Morgan fingerprint density at radius 1 is 1.17 bits per heavy atom. The number of nitrogens with zero attached hydrogens (tertiary/aromatic N) is 2. The Morgan fingerprint density at radius 2 is 1.92 bits per heavy atom. The molecule has 0 aliphatic carbocycles. The standard InChI is InChI=1S/C26H24ClN3O5S/c1-4-35-25(33)19-12-17(9-10-20(19)27)28-23(31)14-30-24(32)22(36-26(30)34)11-16-13-29(15(2)3)21-8-6-5-7-18(16)21/h5-13,15H,4,14H2,1-3H3,(H,28,31)/b22-11+. The highest BCUT2D eigenvalue weighted by Crippen LogP contribution is 2.34. The zero-order valence-electron chi connectivity index (χ0n) is 19.9. The summed E-state index contributed by atoms with van der Waals surface area (Å²) in [6.45, 7) is 5.52.